The summed E-state index contributed by atoms with van der Waals surface area (Å²) in [6.07, 6.45) is 0.289. The molecule has 98 valence electrons. The van der Waals surface area contributed by atoms with Crippen LogP contribution in [-0.2, 0) is 19.1 Å². The minimum absolute atomic E-state index is 0. The molecular formula is C8H18Cl2N2O4. The molecule has 4 N–H and O–H groups in total. The molecule has 0 aliphatic rings. The first-order chi connectivity index (χ1) is 6.61. The molecule has 0 spiro atoms. The van der Waals surface area contributed by atoms with Gasteiger partial charge in [-0.05, 0) is 6.42 Å². The molecule has 1 atom stereocenters. The second-order valence-corrected chi connectivity index (χ2v) is 2.64. The predicted octanol–water partition coefficient (Wildman–Crippen LogP) is -0.0400. The lowest BCUT2D eigenvalue weighted by Crippen LogP contribution is -2.38. The Morgan fingerprint density at radius 3 is 2.31 bits per heavy atom. The van der Waals surface area contributed by atoms with Gasteiger partial charge in [-0.15, -0.1) is 24.8 Å². The second kappa shape index (κ2) is 12.5. The van der Waals surface area contributed by atoms with Crippen molar-refractivity contribution in [2.24, 2.45) is 11.5 Å². The van der Waals surface area contributed by atoms with Crippen LogP contribution >= 0.6 is 24.8 Å². The van der Waals surface area contributed by atoms with Crippen molar-refractivity contribution in [2.75, 3.05) is 13.2 Å². The Morgan fingerprint density at radius 2 is 1.88 bits per heavy atom. The maximum Gasteiger partial charge on any atom is 0.362 e. The molecule has 0 saturated heterocycles. The third-order valence-electron chi connectivity index (χ3n) is 1.40. The number of carbonyl (C=O) groups excluding carboxylic acids is 2. The number of esters is 2. The maximum absolute atomic E-state index is 11.0. The molecule has 0 radical (unpaired) electrons. The number of halogens is 2. The molecule has 1 unspecified atom stereocenters. The molecule has 0 aliphatic carbocycles. The molecule has 6 nitrogen and oxygen atoms in total. The van der Waals surface area contributed by atoms with Gasteiger partial charge < -0.3 is 15.2 Å². The third-order valence-corrected chi connectivity index (χ3v) is 1.40. The molecule has 0 fully saturated rings. The van der Waals surface area contributed by atoms with Gasteiger partial charge in [0.15, 0.2) is 0 Å². The topological polar surface area (TPSA) is 105 Å². The summed E-state index contributed by atoms with van der Waals surface area (Å²) in [5.41, 5.74) is 10.2. The van der Waals surface area contributed by atoms with Crippen LogP contribution in [-0.4, -0.2) is 31.3 Å². The summed E-state index contributed by atoms with van der Waals surface area (Å²) in [4.78, 5) is 21.6. The number of rotatable bonds is 6. The zero-order chi connectivity index (χ0) is 11.0. The normalized spacial score (nSPS) is 10.4. The average molecular weight is 277 g/mol. The highest BCUT2D eigenvalue weighted by Crippen LogP contribution is 1.93. The van der Waals surface area contributed by atoms with E-state index in [0.717, 1.165) is 12.8 Å². The second-order valence-electron chi connectivity index (χ2n) is 2.64. The Kier molecular flexibility index (Phi) is 16.3. The summed E-state index contributed by atoms with van der Waals surface area (Å²) in [5.74, 6) is -1.48. The molecular weight excluding hydrogens is 259 g/mol. The molecule has 16 heavy (non-hydrogen) atoms. The smallest absolute Gasteiger partial charge is 0.362 e. The average Bonchev–Trinajstić information content (AvgIpc) is 2.17. The van der Waals surface area contributed by atoms with Crippen molar-refractivity contribution in [1.82, 2.24) is 0 Å². The van der Waals surface area contributed by atoms with Crippen LogP contribution in [0.2, 0.25) is 0 Å². The lowest BCUT2D eigenvalue weighted by Gasteiger charge is -2.11. The van der Waals surface area contributed by atoms with E-state index in [-0.39, 0.29) is 38.0 Å². The van der Waals surface area contributed by atoms with E-state index in [1.165, 1.54) is 0 Å². The summed E-state index contributed by atoms with van der Waals surface area (Å²) >= 11 is 0. The summed E-state index contributed by atoms with van der Waals surface area (Å²) in [7, 11) is 0. The molecule has 0 aromatic heterocycles. The zero-order valence-electron chi connectivity index (χ0n) is 9.01. The first kappa shape index (κ1) is 20.8. The number of unbranched alkanes of at least 4 members (excludes halogenated alkanes) is 1. The van der Waals surface area contributed by atoms with E-state index in [9.17, 15) is 9.59 Å². The molecule has 0 amide bonds. The van der Waals surface area contributed by atoms with Gasteiger partial charge in [-0.3, -0.25) is 10.5 Å². The van der Waals surface area contributed by atoms with E-state index in [1.807, 2.05) is 6.92 Å². The molecule has 0 saturated carbocycles. The van der Waals surface area contributed by atoms with E-state index in [1.54, 1.807) is 0 Å². The van der Waals surface area contributed by atoms with Crippen LogP contribution in [0.3, 0.4) is 0 Å². The quantitative estimate of drug-likeness (QED) is 0.401. The molecule has 0 rings (SSSR count). The number of hydrogen-bond donors (Lipinski definition) is 2. The van der Waals surface area contributed by atoms with Gasteiger partial charge in [0.2, 0.25) is 6.23 Å². The summed E-state index contributed by atoms with van der Waals surface area (Å²) in [6.45, 7) is 1.93. The fourth-order valence-electron chi connectivity index (χ4n) is 0.637. The predicted molar refractivity (Wildman–Crippen MR) is 63.5 cm³/mol. The molecule has 0 aliphatic heterocycles. The van der Waals surface area contributed by atoms with E-state index >= 15 is 0 Å². The van der Waals surface area contributed by atoms with Crippen molar-refractivity contribution < 1.29 is 19.1 Å². The van der Waals surface area contributed by atoms with E-state index in [0.29, 0.717) is 0 Å². The molecule has 0 bridgehead atoms. The van der Waals surface area contributed by atoms with Crippen molar-refractivity contribution in [3.05, 3.63) is 0 Å². The Labute approximate surface area is 107 Å². The monoisotopic (exact) mass is 276 g/mol. The highest BCUT2D eigenvalue weighted by atomic mass is 35.5. The summed E-state index contributed by atoms with van der Waals surface area (Å²) < 4.78 is 9.14. The van der Waals surface area contributed by atoms with Gasteiger partial charge in [0, 0.05) is 0 Å². The fraction of sp³-hybridized carbons (Fsp3) is 0.750. The van der Waals surface area contributed by atoms with Crippen LogP contribution in [0.15, 0.2) is 0 Å². The molecule has 0 aromatic rings. The highest BCUT2D eigenvalue weighted by molar-refractivity contribution is 5.85. The van der Waals surface area contributed by atoms with Crippen LogP contribution < -0.4 is 11.5 Å². The number of hydrogen-bond acceptors (Lipinski definition) is 6. The van der Waals surface area contributed by atoms with E-state index in [2.05, 4.69) is 4.74 Å². The van der Waals surface area contributed by atoms with Crippen LogP contribution in [0.4, 0.5) is 0 Å². The Balaban J connectivity index is -0.000000845. The Bertz CT molecular complexity index is 204. The van der Waals surface area contributed by atoms with Gasteiger partial charge in [-0.1, -0.05) is 13.3 Å². The van der Waals surface area contributed by atoms with Crippen molar-refractivity contribution in [1.29, 1.82) is 0 Å². The third kappa shape index (κ3) is 9.97. The van der Waals surface area contributed by atoms with Gasteiger partial charge in [0.1, 0.15) is 0 Å². The van der Waals surface area contributed by atoms with Gasteiger partial charge >= 0.3 is 11.9 Å². The van der Waals surface area contributed by atoms with Crippen LogP contribution in [0.5, 0.6) is 0 Å². The fourth-order valence-corrected chi connectivity index (χ4v) is 0.637. The Hall–Kier alpha value is -0.560. The van der Waals surface area contributed by atoms with Crippen LogP contribution in [0.25, 0.3) is 0 Å². The highest BCUT2D eigenvalue weighted by Gasteiger charge is 2.18. The van der Waals surface area contributed by atoms with Gasteiger partial charge in [-0.25, -0.2) is 4.79 Å². The SMILES string of the molecule is CCCCOC(=O)C(N)OC(=O)CN.Cl.Cl. The van der Waals surface area contributed by atoms with E-state index < -0.39 is 18.2 Å². The first-order valence-corrected chi connectivity index (χ1v) is 4.43. The molecule has 0 heterocycles. The maximum atomic E-state index is 11.0. The summed E-state index contributed by atoms with van der Waals surface area (Å²) in [5, 5.41) is 0. The lowest BCUT2D eigenvalue weighted by molar-refractivity contribution is -0.166. The zero-order valence-corrected chi connectivity index (χ0v) is 10.6. The van der Waals surface area contributed by atoms with Crippen molar-refractivity contribution in [2.45, 2.75) is 26.0 Å². The number of ether oxygens (including phenoxy) is 2. The first-order valence-electron chi connectivity index (χ1n) is 4.43. The lowest BCUT2D eigenvalue weighted by atomic mass is 10.4. The van der Waals surface area contributed by atoms with Crippen molar-refractivity contribution in [3.63, 3.8) is 0 Å². The molecule has 0 aromatic carbocycles. The van der Waals surface area contributed by atoms with Gasteiger partial charge in [0.25, 0.3) is 0 Å². The van der Waals surface area contributed by atoms with E-state index in [4.69, 9.17) is 16.2 Å². The van der Waals surface area contributed by atoms with Gasteiger partial charge in [-0.2, -0.15) is 0 Å². The van der Waals surface area contributed by atoms with Crippen LogP contribution in [0, 0.1) is 0 Å². The summed E-state index contributed by atoms with van der Waals surface area (Å²) in [6, 6.07) is 0. The Morgan fingerprint density at radius 1 is 1.31 bits per heavy atom. The minimum Gasteiger partial charge on any atom is -0.462 e. The van der Waals surface area contributed by atoms with Crippen molar-refractivity contribution in [3.8, 4) is 0 Å². The largest absolute Gasteiger partial charge is 0.462 e. The number of carbonyl (C=O) groups is 2. The molecule has 8 heteroatoms. The van der Waals surface area contributed by atoms with Gasteiger partial charge in [0.05, 0.1) is 13.2 Å². The number of nitrogens with two attached hydrogens (primary N) is 2. The van der Waals surface area contributed by atoms with Crippen molar-refractivity contribution >= 4 is 36.8 Å². The standard InChI is InChI=1S/C8H16N2O4.2ClH/c1-2-3-4-13-8(12)7(10)14-6(11)5-9;;/h7H,2-5,9-10H2,1H3;2*1H. The minimum atomic E-state index is -1.37. The van der Waals surface area contributed by atoms with Crippen LogP contribution in [0.1, 0.15) is 19.8 Å².